The monoisotopic (exact) mass is 288 g/mol. The molecule has 0 aliphatic rings. The average Bonchev–Trinajstić information content (AvgIpc) is 2.88. The molecule has 1 unspecified atom stereocenters. The van der Waals surface area contributed by atoms with Crippen molar-refractivity contribution in [3.8, 4) is 0 Å². The van der Waals surface area contributed by atoms with E-state index in [2.05, 4.69) is 4.98 Å². The molecule has 0 saturated heterocycles. The van der Waals surface area contributed by atoms with Gasteiger partial charge in [0.2, 0.25) is 0 Å². The fraction of sp³-hybridized carbons (Fsp3) is 0.188. The van der Waals surface area contributed by atoms with Gasteiger partial charge in [-0.2, -0.15) is 0 Å². The number of para-hydroxylation sites is 2. The van der Waals surface area contributed by atoms with Gasteiger partial charge in [0.25, 0.3) is 0 Å². The van der Waals surface area contributed by atoms with Crippen LogP contribution in [-0.2, 0) is 6.54 Å². The standard InChI is InChI=1S/C16H14F2N2O/c1-10-6-7-11(16(18)15(10)17)14(21)8-20-9-19-12-4-2-3-5-13(12)20/h2-7,9,14,21H,8H2,1H3. The van der Waals surface area contributed by atoms with E-state index in [4.69, 9.17) is 0 Å². The van der Waals surface area contributed by atoms with Crippen molar-refractivity contribution in [2.24, 2.45) is 0 Å². The zero-order valence-corrected chi connectivity index (χ0v) is 11.4. The molecule has 0 spiro atoms. The van der Waals surface area contributed by atoms with Crippen molar-refractivity contribution in [2.45, 2.75) is 19.6 Å². The lowest BCUT2D eigenvalue weighted by atomic mass is 10.1. The number of aryl methyl sites for hydroxylation is 1. The van der Waals surface area contributed by atoms with E-state index < -0.39 is 17.7 Å². The van der Waals surface area contributed by atoms with Crippen LogP contribution in [0.4, 0.5) is 8.78 Å². The first-order valence-corrected chi connectivity index (χ1v) is 6.60. The molecule has 108 valence electrons. The number of aromatic nitrogens is 2. The molecule has 5 heteroatoms. The summed E-state index contributed by atoms with van der Waals surface area (Å²) in [7, 11) is 0. The predicted octanol–water partition coefficient (Wildman–Crippen LogP) is 3.36. The molecule has 0 bridgehead atoms. The number of halogens is 2. The van der Waals surface area contributed by atoms with Crippen LogP contribution in [0.5, 0.6) is 0 Å². The smallest absolute Gasteiger partial charge is 0.164 e. The molecule has 0 radical (unpaired) electrons. The van der Waals surface area contributed by atoms with Crippen molar-refractivity contribution in [1.82, 2.24) is 9.55 Å². The number of benzene rings is 2. The number of aliphatic hydroxyl groups excluding tert-OH is 1. The summed E-state index contributed by atoms with van der Waals surface area (Å²) in [5.74, 6) is -1.91. The van der Waals surface area contributed by atoms with Gasteiger partial charge in [0.15, 0.2) is 11.6 Å². The summed E-state index contributed by atoms with van der Waals surface area (Å²) in [4.78, 5) is 4.20. The molecule has 3 rings (SSSR count). The van der Waals surface area contributed by atoms with E-state index in [0.717, 1.165) is 11.0 Å². The predicted molar refractivity (Wildman–Crippen MR) is 75.8 cm³/mol. The zero-order valence-electron chi connectivity index (χ0n) is 11.4. The molecule has 0 fully saturated rings. The summed E-state index contributed by atoms with van der Waals surface area (Å²) >= 11 is 0. The number of aliphatic hydroxyl groups is 1. The summed E-state index contributed by atoms with van der Waals surface area (Å²) in [5, 5.41) is 10.2. The summed E-state index contributed by atoms with van der Waals surface area (Å²) in [5.41, 5.74) is 1.80. The van der Waals surface area contributed by atoms with Crippen LogP contribution < -0.4 is 0 Å². The van der Waals surface area contributed by atoms with Crippen LogP contribution in [0.2, 0.25) is 0 Å². The molecule has 0 aliphatic heterocycles. The molecule has 3 aromatic rings. The van der Waals surface area contributed by atoms with Gasteiger partial charge in [-0.25, -0.2) is 13.8 Å². The van der Waals surface area contributed by atoms with Crippen LogP contribution in [0.1, 0.15) is 17.2 Å². The van der Waals surface area contributed by atoms with E-state index >= 15 is 0 Å². The molecule has 3 nitrogen and oxygen atoms in total. The van der Waals surface area contributed by atoms with Gasteiger partial charge in [-0.3, -0.25) is 0 Å². The third kappa shape index (κ3) is 2.40. The Bertz CT molecular complexity index is 798. The van der Waals surface area contributed by atoms with Crippen LogP contribution in [-0.4, -0.2) is 14.7 Å². The van der Waals surface area contributed by atoms with Crippen LogP contribution in [0.3, 0.4) is 0 Å². The Hall–Kier alpha value is -2.27. The molecular weight excluding hydrogens is 274 g/mol. The molecular formula is C16H14F2N2O. The second-order valence-electron chi connectivity index (χ2n) is 5.00. The molecule has 1 aromatic heterocycles. The van der Waals surface area contributed by atoms with Crippen molar-refractivity contribution in [1.29, 1.82) is 0 Å². The third-order valence-electron chi connectivity index (χ3n) is 3.56. The molecule has 21 heavy (non-hydrogen) atoms. The fourth-order valence-corrected chi connectivity index (χ4v) is 2.36. The highest BCUT2D eigenvalue weighted by Crippen LogP contribution is 2.24. The molecule has 0 amide bonds. The van der Waals surface area contributed by atoms with Gasteiger partial charge in [0.1, 0.15) is 0 Å². The lowest BCUT2D eigenvalue weighted by Gasteiger charge is -2.14. The number of rotatable bonds is 3. The summed E-state index contributed by atoms with van der Waals surface area (Å²) in [6.07, 6.45) is 0.439. The minimum Gasteiger partial charge on any atom is -0.386 e. The molecule has 0 aliphatic carbocycles. The lowest BCUT2D eigenvalue weighted by molar-refractivity contribution is 0.152. The van der Waals surface area contributed by atoms with Gasteiger partial charge in [-0.15, -0.1) is 0 Å². The lowest BCUT2D eigenvalue weighted by Crippen LogP contribution is -2.11. The summed E-state index contributed by atoms with van der Waals surface area (Å²) in [6.45, 7) is 1.60. The number of hydrogen-bond donors (Lipinski definition) is 1. The first kappa shape index (κ1) is 13.7. The van der Waals surface area contributed by atoms with Crippen LogP contribution in [0.15, 0.2) is 42.7 Å². The number of fused-ring (bicyclic) bond motifs is 1. The van der Waals surface area contributed by atoms with E-state index in [9.17, 15) is 13.9 Å². The van der Waals surface area contributed by atoms with E-state index in [-0.39, 0.29) is 17.7 Å². The first-order chi connectivity index (χ1) is 10.1. The maximum atomic E-state index is 13.9. The highest BCUT2D eigenvalue weighted by molar-refractivity contribution is 5.74. The fourth-order valence-electron chi connectivity index (χ4n) is 2.36. The Labute approximate surface area is 120 Å². The molecule has 1 heterocycles. The van der Waals surface area contributed by atoms with E-state index in [1.807, 2.05) is 24.3 Å². The quantitative estimate of drug-likeness (QED) is 0.802. The molecule has 2 aromatic carbocycles. The normalized spacial score (nSPS) is 12.8. The Balaban J connectivity index is 1.93. The zero-order chi connectivity index (χ0) is 15.0. The van der Waals surface area contributed by atoms with Crippen LogP contribution in [0, 0.1) is 18.6 Å². The Morgan fingerprint density at radius 1 is 1.14 bits per heavy atom. The van der Waals surface area contributed by atoms with Crippen molar-refractivity contribution in [3.05, 3.63) is 65.5 Å². The largest absolute Gasteiger partial charge is 0.386 e. The summed E-state index contributed by atoms with van der Waals surface area (Å²) in [6, 6.07) is 10.3. The third-order valence-corrected chi connectivity index (χ3v) is 3.56. The van der Waals surface area contributed by atoms with E-state index in [0.29, 0.717) is 0 Å². The van der Waals surface area contributed by atoms with Crippen molar-refractivity contribution in [2.75, 3.05) is 0 Å². The van der Waals surface area contributed by atoms with Crippen LogP contribution >= 0.6 is 0 Å². The Kier molecular flexibility index (Phi) is 3.43. The van der Waals surface area contributed by atoms with Gasteiger partial charge >= 0.3 is 0 Å². The van der Waals surface area contributed by atoms with Crippen molar-refractivity contribution < 1.29 is 13.9 Å². The van der Waals surface area contributed by atoms with Gasteiger partial charge < -0.3 is 9.67 Å². The molecule has 0 saturated carbocycles. The van der Waals surface area contributed by atoms with Gasteiger partial charge in [0, 0.05) is 5.56 Å². The number of hydrogen-bond acceptors (Lipinski definition) is 2. The van der Waals surface area contributed by atoms with Gasteiger partial charge in [-0.1, -0.05) is 24.3 Å². The number of nitrogens with zero attached hydrogens (tertiary/aromatic N) is 2. The van der Waals surface area contributed by atoms with Crippen molar-refractivity contribution in [3.63, 3.8) is 0 Å². The molecule has 1 N–H and O–H groups in total. The first-order valence-electron chi connectivity index (χ1n) is 6.60. The topological polar surface area (TPSA) is 38.0 Å². The van der Waals surface area contributed by atoms with Crippen molar-refractivity contribution >= 4 is 11.0 Å². The highest BCUT2D eigenvalue weighted by atomic mass is 19.2. The second-order valence-corrected chi connectivity index (χ2v) is 5.00. The Morgan fingerprint density at radius 2 is 1.90 bits per heavy atom. The minimum absolute atomic E-state index is 0.0455. The van der Waals surface area contributed by atoms with E-state index in [1.54, 1.807) is 10.9 Å². The Morgan fingerprint density at radius 3 is 2.71 bits per heavy atom. The second kappa shape index (κ2) is 5.26. The average molecular weight is 288 g/mol. The maximum absolute atomic E-state index is 13.9. The molecule has 1 atom stereocenters. The number of imidazole rings is 1. The van der Waals surface area contributed by atoms with Gasteiger partial charge in [-0.05, 0) is 24.6 Å². The van der Waals surface area contributed by atoms with E-state index in [1.165, 1.54) is 19.1 Å². The SMILES string of the molecule is Cc1ccc(C(O)Cn2cnc3ccccc32)c(F)c1F. The maximum Gasteiger partial charge on any atom is 0.164 e. The highest BCUT2D eigenvalue weighted by Gasteiger charge is 2.18. The van der Waals surface area contributed by atoms with Gasteiger partial charge in [0.05, 0.1) is 30.0 Å². The summed E-state index contributed by atoms with van der Waals surface area (Å²) < 4.78 is 29.2. The van der Waals surface area contributed by atoms with Crippen LogP contribution in [0.25, 0.3) is 11.0 Å². The minimum atomic E-state index is -1.14.